The molecule has 0 unspecified atom stereocenters. The first-order valence-corrected chi connectivity index (χ1v) is 10.00. The number of rotatable bonds is 5. The molecule has 1 fully saturated rings. The van der Waals surface area contributed by atoms with Gasteiger partial charge in [0.2, 0.25) is 5.91 Å². The molecule has 1 aromatic heterocycles. The van der Waals surface area contributed by atoms with Gasteiger partial charge in [-0.05, 0) is 48.3 Å². The van der Waals surface area contributed by atoms with Crippen LogP contribution in [0.15, 0.2) is 41.8 Å². The second-order valence-corrected chi connectivity index (χ2v) is 7.95. The Labute approximate surface area is 161 Å². The van der Waals surface area contributed by atoms with E-state index in [4.69, 9.17) is 0 Å². The van der Waals surface area contributed by atoms with Crippen LogP contribution in [0.1, 0.15) is 28.8 Å². The van der Waals surface area contributed by atoms with E-state index in [0.717, 1.165) is 35.3 Å². The summed E-state index contributed by atoms with van der Waals surface area (Å²) in [5.74, 6) is -0.649. The Morgan fingerprint density at radius 1 is 1.22 bits per heavy atom. The van der Waals surface area contributed by atoms with Crippen molar-refractivity contribution in [3.63, 3.8) is 0 Å². The summed E-state index contributed by atoms with van der Waals surface area (Å²) in [5.41, 5.74) is 0.915. The largest absolute Gasteiger partial charge is 0.354 e. The molecule has 1 spiro atoms. The fraction of sp³-hybridized carbons (Fsp3) is 0.350. The van der Waals surface area contributed by atoms with E-state index in [1.807, 2.05) is 41.8 Å². The number of fused-ring (bicyclic) bond motifs is 2. The van der Waals surface area contributed by atoms with Crippen LogP contribution in [0.2, 0.25) is 0 Å². The van der Waals surface area contributed by atoms with Gasteiger partial charge in [-0.25, -0.2) is 4.79 Å². The lowest BCUT2D eigenvalue weighted by Gasteiger charge is -2.33. The van der Waals surface area contributed by atoms with E-state index in [1.165, 1.54) is 4.88 Å². The Hall–Kier alpha value is -2.67. The van der Waals surface area contributed by atoms with Crippen molar-refractivity contribution in [2.45, 2.75) is 31.2 Å². The molecule has 0 bridgehead atoms. The number of carbonyl (C=O) groups excluding carboxylic acids is 3. The van der Waals surface area contributed by atoms with Crippen molar-refractivity contribution < 1.29 is 14.4 Å². The van der Waals surface area contributed by atoms with Crippen molar-refractivity contribution >= 4 is 29.2 Å². The summed E-state index contributed by atoms with van der Waals surface area (Å²) in [6, 6.07) is 11.2. The lowest BCUT2D eigenvalue weighted by Crippen LogP contribution is -2.47. The summed E-state index contributed by atoms with van der Waals surface area (Å²) in [4.78, 5) is 40.1. The van der Waals surface area contributed by atoms with Gasteiger partial charge in [0, 0.05) is 11.4 Å². The molecule has 2 aromatic rings. The molecule has 1 atom stereocenters. The normalized spacial score (nSPS) is 21.3. The van der Waals surface area contributed by atoms with Crippen molar-refractivity contribution in [1.29, 1.82) is 0 Å². The SMILES string of the molecule is O=C(CN1C(=O)N[C@]2(CCCc3ccccc32)C1=O)NCCc1cccs1. The van der Waals surface area contributed by atoms with Gasteiger partial charge in [-0.15, -0.1) is 11.3 Å². The van der Waals surface area contributed by atoms with Crippen LogP contribution in [0.25, 0.3) is 0 Å². The highest BCUT2D eigenvalue weighted by molar-refractivity contribution is 7.09. The Kier molecular flexibility index (Phi) is 4.70. The first-order chi connectivity index (χ1) is 13.1. The predicted molar refractivity (Wildman–Crippen MR) is 102 cm³/mol. The van der Waals surface area contributed by atoms with Crippen LogP contribution in [0, 0.1) is 0 Å². The molecule has 2 N–H and O–H groups in total. The molecule has 4 amide bonds. The average Bonchev–Trinajstić information content (AvgIpc) is 3.26. The van der Waals surface area contributed by atoms with Crippen LogP contribution in [0.3, 0.4) is 0 Å². The highest BCUT2D eigenvalue weighted by atomic mass is 32.1. The summed E-state index contributed by atoms with van der Waals surface area (Å²) in [6.07, 6.45) is 3.01. The van der Waals surface area contributed by atoms with Crippen LogP contribution < -0.4 is 10.6 Å². The molecule has 1 aliphatic heterocycles. The zero-order valence-corrected chi connectivity index (χ0v) is 15.7. The fourth-order valence-electron chi connectivity index (χ4n) is 3.93. The number of carbonyl (C=O) groups is 3. The molecule has 7 heteroatoms. The first-order valence-electron chi connectivity index (χ1n) is 9.12. The van der Waals surface area contributed by atoms with Crippen LogP contribution in [0.4, 0.5) is 4.79 Å². The monoisotopic (exact) mass is 383 g/mol. The zero-order chi connectivity index (χ0) is 18.9. The summed E-state index contributed by atoms with van der Waals surface area (Å²) in [5, 5.41) is 7.65. The minimum atomic E-state index is -1.02. The van der Waals surface area contributed by atoms with Gasteiger partial charge in [0.15, 0.2) is 0 Å². The number of amides is 4. The fourth-order valence-corrected chi connectivity index (χ4v) is 4.64. The number of benzene rings is 1. The van der Waals surface area contributed by atoms with Gasteiger partial charge in [0.25, 0.3) is 5.91 Å². The van der Waals surface area contributed by atoms with Gasteiger partial charge in [0.05, 0.1) is 0 Å². The number of nitrogens with one attached hydrogen (secondary N) is 2. The highest BCUT2D eigenvalue weighted by Crippen LogP contribution is 2.39. The number of urea groups is 1. The lowest BCUT2D eigenvalue weighted by molar-refractivity contribution is -0.135. The van der Waals surface area contributed by atoms with Crippen molar-refractivity contribution in [2.24, 2.45) is 0 Å². The van der Waals surface area contributed by atoms with Gasteiger partial charge >= 0.3 is 6.03 Å². The molecule has 1 aromatic carbocycles. The molecular formula is C20H21N3O3S. The van der Waals surface area contributed by atoms with Crippen LogP contribution in [0.5, 0.6) is 0 Å². The van der Waals surface area contributed by atoms with E-state index in [9.17, 15) is 14.4 Å². The molecule has 1 aliphatic carbocycles. The maximum absolute atomic E-state index is 13.1. The molecule has 27 heavy (non-hydrogen) atoms. The maximum Gasteiger partial charge on any atom is 0.325 e. The minimum absolute atomic E-state index is 0.251. The summed E-state index contributed by atoms with van der Waals surface area (Å²) >= 11 is 1.64. The van der Waals surface area contributed by atoms with Crippen molar-refractivity contribution in [2.75, 3.05) is 13.1 Å². The Morgan fingerprint density at radius 3 is 2.89 bits per heavy atom. The smallest absolute Gasteiger partial charge is 0.325 e. The van der Waals surface area contributed by atoms with E-state index < -0.39 is 11.6 Å². The van der Waals surface area contributed by atoms with Crippen LogP contribution >= 0.6 is 11.3 Å². The zero-order valence-electron chi connectivity index (χ0n) is 14.9. The molecule has 0 radical (unpaired) electrons. The summed E-state index contributed by atoms with van der Waals surface area (Å²) < 4.78 is 0. The molecule has 140 valence electrons. The lowest BCUT2D eigenvalue weighted by atomic mass is 9.76. The Morgan fingerprint density at radius 2 is 2.07 bits per heavy atom. The number of hydrogen-bond acceptors (Lipinski definition) is 4. The molecule has 1 saturated heterocycles. The van der Waals surface area contributed by atoms with E-state index in [-0.39, 0.29) is 18.4 Å². The van der Waals surface area contributed by atoms with Crippen LogP contribution in [-0.4, -0.2) is 35.8 Å². The Balaban J connectivity index is 1.44. The topological polar surface area (TPSA) is 78.5 Å². The second kappa shape index (κ2) is 7.15. The van der Waals surface area contributed by atoms with Crippen molar-refractivity contribution in [3.8, 4) is 0 Å². The van der Waals surface area contributed by atoms with E-state index in [2.05, 4.69) is 10.6 Å². The number of thiophene rings is 1. The van der Waals surface area contributed by atoms with Gasteiger partial charge in [0.1, 0.15) is 12.1 Å². The maximum atomic E-state index is 13.1. The van der Waals surface area contributed by atoms with Gasteiger partial charge in [-0.1, -0.05) is 30.3 Å². The van der Waals surface area contributed by atoms with Crippen LogP contribution in [-0.2, 0) is 28.0 Å². The third kappa shape index (κ3) is 3.23. The summed E-state index contributed by atoms with van der Waals surface area (Å²) in [6.45, 7) is 0.232. The first kappa shape index (κ1) is 17.7. The third-order valence-electron chi connectivity index (χ3n) is 5.23. The standard InChI is InChI=1S/C20H21N3O3S/c24-17(21-11-9-15-7-4-12-27-15)13-23-18(25)20(22-19(23)26)10-3-6-14-5-1-2-8-16(14)20/h1-2,4-5,7-8,12H,3,6,9-11,13H2,(H,21,24)(H,22,26)/t20-/m0/s1. The molecule has 6 nitrogen and oxygen atoms in total. The third-order valence-corrected chi connectivity index (χ3v) is 6.16. The minimum Gasteiger partial charge on any atom is -0.354 e. The molecule has 4 rings (SSSR count). The number of nitrogens with zero attached hydrogens (tertiary/aromatic N) is 1. The van der Waals surface area contributed by atoms with Gasteiger partial charge in [-0.3, -0.25) is 14.5 Å². The second-order valence-electron chi connectivity index (χ2n) is 6.92. The van der Waals surface area contributed by atoms with E-state index >= 15 is 0 Å². The molecule has 2 aliphatic rings. The number of aryl methyl sites for hydroxylation is 1. The molecule has 2 heterocycles. The summed E-state index contributed by atoms with van der Waals surface area (Å²) in [7, 11) is 0. The predicted octanol–water partition coefficient (Wildman–Crippen LogP) is 2.19. The van der Waals surface area contributed by atoms with Gasteiger partial charge < -0.3 is 10.6 Å². The molecular weight excluding hydrogens is 362 g/mol. The number of imide groups is 1. The Bertz CT molecular complexity index is 880. The van der Waals surface area contributed by atoms with Crippen molar-refractivity contribution in [3.05, 3.63) is 57.8 Å². The average molecular weight is 383 g/mol. The van der Waals surface area contributed by atoms with E-state index in [1.54, 1.807) is 11.3 Å². The van der Waals surface area contributed by atoms with Crippen molar-refractivity contribution in [1.82, 2.24) is 15.5 Å². The highest BCUT2D eigenvalue weighted by Gasteiger charge is 2.54. The molecule has 0 saturated carbocycles. The number of hydrogen-bond donors (Lipinski definition) is 2. The van der Waals surface area contributed by atoms with Gasteiger partial charge in [-0.2, -0.15) is 0 Å². The quantitative estimate of drug-likeness (QED) is 0.777. The van der Waals surface area contributed by atoms with E-state index in [0.29, 0.717) is 13.0 Å².